The zero-order valence-electron chi connectivity index (χ0n) is 17.1. The van der Waals surface area contributed by atoms with Gasteiger partial charge in [0.1, 0.15) is 16.8 Å². The fourth-order valence-corrected chi connectivity index (χ4v) is 5.35. The number of nitrogens with zero attached hydrogens (tertiary/aromatic N) is 1. The number of rotatable bonds is 8. The Labute approximate surface area is 171 Å². The van der Waals surface area contributed by atoms with Crippen molar-refractivity contribution >= 4 is 21.6 Å². The van der Waals surface area contributed by atoms with E-state index in [1.54, 1.807) is 44.4 Å². The monoisotopic (exact) mass is 420 g/mol. The minimum absolute atomic E-state index is 0.143. The molecular weight excluding hydrogens is 392 g/mol. The number of sulfone groups is 1. The molecule has 0 bridgehead atoms. The first-order valence-electron chi connectivity index (χ1n) is 9.79. The van der Waals surface area contributed by atoms with E-state index < -0.39 is 15.9 Å². The molecule has 7 nitrogen and oxygen atoms in total. The lowest BCUT2D eigenvalue weighted by Crippen LogP contribution is -2.29. The molecule has 0 unspecified atom stereocenters. The molecule has 3 rings (SSSR count). The number of methoxy groups -OCH3 is 1. The zero-order chi connectivity index (χ0) is 21.0. The van der Waals surface area contributed by atoms with Crippen LogP contribution in [0.3, 0.4) is 0 Å². The van der Waals surface area contributed by atoms with Gasteiger partial charge in [-0.15, -0.1) is 0 Å². The van der Waals surface area contributed by atoms with Crippen LogP contribution < -0.4 is 5.32 Å². The summed E-state index contributed by atoms with van der Waals surface area (Å²) in [6.45, 7) is 5.26. The molecule has 1 aliphatic rings. The van der Waals surface area contributed by atoms with Crippen molar-refractivity contribution < 1.29 is 22.7 Å². The quantitative estimate of drug-likeness (QED) is 0.663. The summed E-state index contributed by atoms with van der Waals surface area (Å²) >= 11 is 0. The molecule has 0 aliphatic carbocycles. The number of nitrogens with one attached hydrogen (secondary N) is 1. The summed E-state index contributed by atoms with van der Waals surface area (Å²) in [7, 11) is -2.19. The third kappa shape index (κ3) is 4.39. The van der Waals surface area contributed by atoms with Crippen molar-refractivity contribution in [3.05, 3.63) is 41.6 Å². The van der Waals surface area contributed by atoms with Crippen LogP contribution in [0.1, 0.15) is 30.5 Å². The van der Waals surface area contributed by atoms with Crippen LogP contribution in [0, 0.1) is 13.8 Å². The largest absolute Gasteiger partial charge is 0.385 e. The predicted octanol–water partition coefficient (Wildman–Crippen LogP) is 3.09. The Morgan fingerprint density at radius 1 is 1.28 bits per heavy atom. The summed E-state index contributed by atoms with van der Waals surface area (Å²) in [6, 6.07) is 8.29. The second kappa shape index (κ2) is 9.11. The minimum Gasteiger partial charge on any atom is -0.385 e. The van der Waals surface area contributed by atoms with Gasteiger partial charge in [-0.05, 0) is 50.8 Å². The van der Waals surface area contributed by atoms with Crippen LogP contribution in [0.5, 0.6) is 0 Å². The Balaban J connectivity index is 2.08. The van der Waals surface area contributed by atoms with Crippen molar-refractivity contribution in [3.63, 3.8) is 0 Å². The number of carbonyl (C=O) groups excluding carboxylic acids is 1. The Morgan fingerprint density at radius 3 is 2.62 bits per heavy atom. The summed E-state index contributed by atoms with van der Waals surface area (Å²) in [5, 5.41) is 2.86. The third-order valence-electron chi connectivity index (χ3n) is 5.29. The van der Waals surface area contributed by atoms with Gasteiger partial charge in [-0.25, -0.2) is 8.42 Å². The molecule has 0 saturated carbocycles. The standard InChI is InChI=1S/C21H28N2O5S/c1-15-16(2)23(12-8-13-27-3)20(22-21(24)18-11-7-14-28-18)19(15)29(25,26)17-9-5-4-6-10-17/h4-6,9-10,18H,7-8,11-14H2,1-3H3,(H,22,24)/t18-/m0/s1. The van der Waals surface area contributed by atoms with Crippen LogP contribution in [0.2, 0.25) is 0 Å². The van der Waals surface area contributed by atoms with E-state index in [2.05, 4.69) is 5.32 Å². The van der Waals surface area contributed by atoms with Gasteiger partial charge >= 0.3 is 0 Å². The van der Waals surface area contributed by atoms with Crippen LogP contribution in [-0.4, -0.2) is 45.3 Å². The third-order valence-corrected chi connectivity index (χ3v) is 7.22. The molecule has 29 heavy (non-hydrogen) atoms. The zero-order valence-corrected chi connectivity index (χ0v) is 17.9. The van der Waals surface area contributed by atoms with Crippen molar-refractivity contribution in [2.45, 2.75) is 55.5 Å². The molecule has 1 atom stereocenters. The van der Waals surface area contributed by atoms with E-state index in [-0.39, 0.29) is 15.7 Å². The summed E-state index contributed by atoms with van der Waals surface area (Å²) in [5.41, 5.74) is 1.44. The highest BCUT2D eigenvalue weighted by Gasteiger charge is 2.32. The molecule has 1 saturated heterocycles. The fraction of sp³-hybridized carbons (Fsp3) is 0.476. The van der Waals surface area contributed by atoms with E-state index in [1.807, 2.05) is 11.5 Å². The molecule has 158 valence electrons. The van der Waals surface area contributed by atoms with Crippen molar-refractivity contribution in [1.82, 2.24) is 4.57 Å². The lowest BCUT2D eigenvalue weighted by atomic mass is 10.2. The number of carbonyl (C=O) groups is 1. The average molecular weight is 421 g/mol. The Kier molecular flexibility index (Phi) is 6.77. The topological polar surface area (TPSA) is 86.6 Å². The smallest absolute Gasteiger partial charge is 0.254 e. The number of amides is 1. The molecule has 1 aliphatic heterocycles. The number of benzene rings is 1. The van der Waals surface area contributed by atoms with Gasteiger partial charge in [0.05, 0.1) is 4.90 Å². The second-order valence-corrected chi connectivity index (χ2v) is 9.08. The van der Waals surface area contributed by atoms with Crippen molar-refractivity contribution in [1.29, 1.82) is 0 Å². The number of hydrogen-bond donors (Lipinski definition) is 1. The Morgan fingerprint density at radius 2 is 2.00 bits per heavy atom. The molecule has 1 aromatic heterocycles. The molecular formula is C21H28N2O5S. The summed E-state index contributed by atoms with van der Waals surface area (Å²) in [4.78, 5) is 13.1. The number of ether oxygens (including phenoxy) is 2. The fourth-order valence-electron chi connectivity index (χ4n) is 3.63. The highest BCUT2D eigenvalue weighted by atomic mass is 32.2. The van der Waals surface area contributed by atoms with Gasteiger partial charge in [-0.1, -0.05) is 18.2 Å². The van der Waals surface area contributed by atoms with Crippen LogP contribution >= 0.6 is 0 Å². The molecule has 1 aromatic carbocycles. The molecule has 2 heterocycles. The predicted molar refractivity (Wildman–Crippen MR) is 110 cm³/mol. The maximum absolute atomic E-state index is 13.5. The van der Waals surface area contributed by atoms with E-state index in [1.165, 1.54) is 0 Å². The number of anilines is 1. The molecule has 8 heteroatoms. The van der Waals surface area contributed by atoms with E-state index >= 15 is 0 Å². The first-order chi connectivity index (χ1) is 13.9. The minimum atomic E-state index is -3.81. The Hall–Kier alpha value is -2.16. The summed E-state index contributed by atoms with van der Waals surface area (Å²) < 4.78 is 39.4. The van der Waals surface area contributed by atoms with E-state index in [0.29, 0.717) is 44.0 Å². The maximum atomic E-state index is 13.5. The van der Waals surface area contributed by atoms with Gasteiger partial charge in [-0.2, -0.15) is 0 Å². The molecule has 2 aromatic rings. The van der Waals surface area contributed by atoms with E-state index in [4.69, 9.17) is 9.47 Å². The average Bonchev–Trinajstić information content (AvgIpc) is 3.32. The summed E-state index contributed by atoms with van der Waals surface area (Å²) in [5.74, 6) is -0.00189. The van der Waals surface area contributed by atoms with Gasteiger partial charge in [0.25, 0.3) is 5.91 Å². The molecule has 0 spiro atoms. The lowest BCUT2D eigenvalue weighted by Gasteiger charge is -2.16. The number of hydrogen-bond acceptors (Lipinski definition) is 5. The number of aromatic nitrogens is 1. The van der Waals surface area contributed by atoms with E-state index in [9.17, 15) is 13.2 Å². The van der Waals surface area contributed by atoms with E-state index in [0.717, 1.165) is 12.1 Å². The van der Waals surface area contributed by atoms with Crippen LogP contribution in [0.15, 0.2) is 40.1 Å². The normalized spacial score (nSPS) is 16.9. The molecule has 0 radical (unpaired) electrons. The van der Waals surface area contributed by atoms with Crippen molar-refractivity contribution in [2.24, 2.45) is 0 Å². The van der Waals surface area contributed by atoms with Crippen molar-refractivity contribution in [2.75, 3.05) is 25.6 Å². The lowest BCUT2D eigenvalue weighted by molar-refractivity contribution is -0.124. The second-order valence-electron chi connectivity index (χ2n) is 7.19. The first-order valence-corrected chi connectivity index (χ1v) is 11.3. The van der Waals surface area contributed by atoms with Crippen LogP contribution in [-0.2, 0) is 30.7 Å². The van der Waals surface area contributed by atoms with Crippen LogP contribution in [0.4, 0.5) is 5.82 Å². The molecule has 1 N–H and O–H groups in total. The highest BCUT2D eigenvalue weighted by Crippen LogP contribution is 2.35. The van der Waals surface area contributed by atoms with Gasteiger partial charge in [0.2, 0.25) is 9.84 Å². The summed E-state index contributed by atoms with van der Waals surface area (Å²) in [6.07, 6.45) is 1.60. The molecule has 1 fully saturated rings. The van der Waals surface area contributed by atoms with Gasteiger partial charge in [-0.3, -0.25) is 4.79 Å². The van der Waals surface area contributed by atoms with Crippen molar-refractivity contribution in [3.8, 4) is 0 Å². The van der Waals surface area contributed by atoms with Gasteiger partial charge < -0.3 is 19.4 Å². The van der Waals surface area contributed by atoms with Gasteiger partial charge in [0, 0.05) is 32.6 Å². The molecule has 1 amide bonds. The maximum Gasteiger partial charge on any atom is 0.254 e. The SMILES string of the molecule is COCCCn1c(C)c(C)c(S(=O)(=O)c2ccccc2)c1NC(=O)[C@@H]1CCCO1. The van der Waals surface area contributed by atoms with Crippen LogP contribution in [0.25, 0.3) is 0 Å². The highest BCUT2D eigenvalue weighted by molar-refractivity contribution is 7.91. The first kappa shape index (κ1) is 21.5. The Bertz CT molecular complexity index is 961. The van der Waals surface area contributed by atoms with Gasteiger partial charge in [0.15, 0.2) is 0 Å².